The minimum atomic E-state index is -0.460. The smallest absolute Gasteiger partial charge is 0.242 e. The van der Waals surface area contributed by atoms with E-state index in [0.717, 1.165) is 32.4 Å². The molecule has 0 aromatic heterocycles. The SMILES string of the molecule is CC(NC(=O)CC1CCCCC1)C(=O)NCC1=CCNCC1. The third-order valence-corrected chi connectivity index (χ3v) is 4.62. The molecule has 2 rings (SSSR count). The van der Waals surface area contributed by atoms with Crippen LogP contribution in [0.1, 0.15) is 51.9 Å². The van der Waals surface area contributed by atoms with Crippen molar-refractivity contribution in [2.45, 2.75) is 57.9 Å². The molecule has 3 N–H and O–H groups in total. The highest BCUT2D eigenvalue weighted by atomic mass is 16.2. The number of carbonyl (C=O) groups is 2. The Bertz CT molecular complexity index is 414. The molecule has 0 radical (unpaired) electrons. The molecule has 1 heterocycles. The van der Waals surface area contributed by atoms with E-state index in [2.05, 4.69) is 22.0 Å². The Balaban J connectivity index is 1.66. The van der Waals surface area contributed by atoms with E-state index < -0.39 is 6.04 Å². The van der Waals surface area contributed by atoms with Crippen LogP contribution in [0.3, 0.4) is 0 Å². The molecule has 5 heteroatoms. The molecule has 0 saturated heterocycles. The lowest BCUT2D eigenvalue weighted by Gasteiger charge is -2.22. The van der Waals surface area contributed by atoms with E-state index in [4.69, 9.17) is 0 Å². The van der Waals surface area contributed by atoms with Gasteiger partial charge in [0.25, 0.3) is 0 Å². The summed E-state index contributed by atoms with van der Waals surface area (Å²) in [6.07, 6.45) is 9.72. The number of amides is 2. The van der Waals surface area contributed by atoms with Gasteiger partial charge in [-0.1, -0.05) is 30.9 Å². The van der Waals surface area contributed by atoms with Gasteiger partial charge in [-0.3, -0.25) is 9.59 Å². The number of rotatable bonds is 6. The Morgan fingerprint density at radius 3 is 2.77 bits per heavy atom. The first kappa shape index (κ1) is 17.0. The lowest BCUT2D eigenvalue weighted by atomic mass is 9.87. The lowest BCUT2D eigenvalue weighted by Crippen LogP contribution is -2.45. The van der Waals surface area contributed by atoms with Crippen molar-refractivity contribution < 1.29 is 9.59 Å². The van der Waals surface area contributed by atoms with E-state index >= 15 is 0 Å². The Kier molecular flexibility index (Phi) is 6.90. The number of carbonyl (C=O) groups excluding carboxylic acids is 2. The van der Waals surface area contributed by atoms with Crippen molar-refractivity contribution in [3.05, 3.63) is 11.6 Å². The molecule has 1 aliphatic carbocycles. The van der Waals surface area contributed by atoms with Gasteiger partial charge in [-0.2, -0.15) is 0 Å². The van der Waals surface area contributed by atoms with Crippen LogP contribution in [0.5, 0.6) is 0 Å². The number of hydrogen-bond donors (Lipinski definition) is 3. The van der Waals surface area contributed by atoms with Crippen LogP contribution in [-0.4, -0.2) is 37.5 Å². The maximum absolute atomic E-state index is 12.0. The molecule has 5 nitrogen and oxygen atoms in total. The molecule has 2 aliphatic rings. The number of nitrogens with one attached hydrogen (secondary N) is 3. The van der Waals surface area contributed by atoms with Gasteiger partial charge < -0.3 is 16.0 Å². The molecule has 22 heavy (non-hydrogen) atoms. The van der Waals surface area contributed by atoms with Crippen molar-refractivity contribution in [3.8, 4) is 0 Å². The molecule has 0 aromatic carbocycles. The van der Waals surface area contributed by atoms with Crippen LogP contribution in [0.2, 0.25) is 0 Å². The van der Waals surface area contributed by atoms with Crippen molar-refractivity contribution in [2.75, 3.05) is 19.6 Å². The fraction of sp³-hybridized carbons (Fsp3) is 0.765. The van der Waals surface area contributed by atoms with E-state index in [9.17, 15) is 9.59 Å². The monoisotopic (exact) mass is 307 g/mol. The van der Waals surface area contributed by atoms with Crippen LogP contribution in [0.4, 0.5) is 0 Å². The normalized spacial score (nSPS) is 20.9. The highest BCUT2D eigenvalue weighted by Gasteiger charge is 2.20. The second kappa shape index (κ2) is 8.93. The summed E-state index contributed by atoms with van der Waals surface area (Å²) in [5.41, 5.74) is 1.26. The Hall–Kier alpha value is -1.36. The second-order valence-corrected chi connectivity index (χ2v) is 6.53. The van der Waals surface area contributed by atoms with Crippen LogP contribution in [0, 0.1) is 5.92 Å². The van der Waals surface area contributed by atoms with Crippen LogP contribution >= 0.6 is 0 Å². The van der Waals surface area contributed by atoms with Crippen molar-refractivity contribution in [1.82, 2.24) is 16.0 Å². The zero-order valence-corrected chi connectivity index (χ0v) is 13.6. The quantitative estimate of drug-likeness (QED) is 0.651. The van der Waals surface area contributed by atoms with Crippen LogP contribution in [-0.2, 0) is 9.59 Å². The molecule has 1 unspecified atom stereocenters. The second-order valence-electron chi connectivity index (χ2n) is 6.53. The van der Waals surface area contributed by atoms with E-state index in [0.29, 0.717) is 18.9 Å². The maximum atomic E-state index is 12.0. The first-order chi connectivity index (χ1) is 10.6. The lowest BCUT2D eigenvalue weighted by molar-refractivity contribution is -0.129. The summed E-state index contributed by atoms with van der Waals surface area (Å²) in [6.45, 7) is 4.18. The Morgan fingerprint density at radius 1 is 1.32 bits per heavy atom. The predicted molar refractivity (Wildman–Crippen MR) is 87.4 cm³/mol. The summed E-state index contributed by atoms with van der Waals surface area (Å²) in [7, 11) is 0. The van der Waals surface area contributed by atoms with Gasteiger partial charge in [-0.05, 0) is 38.6 Å². The average Bonchev–Trinajstić information content (AvgIpc) is 2.54. The zero-order chi connectivity index (χ0) is 15.8. The minimum Gasteiger partial charge on any atom is -0.351 e. The summed E-state index contributed by atoms with van der Waals surface area (Å²) in [5.74, 6) is 0.413. The highest BCUT2D eigenvalue weighted by molar-refractivity contribution is 5.87. The van der Waals surface area contributed by atoms with Crippen molar-refractivity contribution in [2.24, 2.45) is 5.92 Å². The summed E-state index contributed by atoms with van der Waals surface area (Å²) in [6, 6.07) is -0.460. The summed E-state index contributed by atoms with van der Waals surface area (Å²) >= 11 is 0. The largest absolute Gasteiger partial charge is 0.351 e. The molecular formula is C17H29N3O2. The van der Waals surface area contributed by atoms with Crippen molar-refractivity contribution in [1.29, 1.82) is 0 Å². The fourth-order valence-electron chi connectivity index (χ4n) is 3.20. The Labute approximate surface area is 133 Å². The third kappa shape index (κ3) is 5.79. The molecule has 1 atom stereocenters. The van der Waals surface area contributed by atoms with Crippen LogP contribution in [0.15, 0.2) is 11.6 Å². The van der Waals surface area contributed by atoms with Gasteiger partial charge in [-0.25, -0.2) is 0 Å². The molecule has 1 saturated carbocycles. The van der Waals surface area contributed by atoms with E-state index in [1.165, 1.54) is 24.8 Å². The first-order valence-electron chi connectivity index (χ1n) is 8.61. The minimum absolute atomic E-state index is 0.00984. The van der Waals surface area contributed by atoms with E-state index in [1.807, 2.05) is 0 Å². The van der Waals surface area contributed by atoms with Crippen molar-refractivity contribution in [3.63, 3.8) is 0 Å². The first-order valence-corrected chi connectivity index (χ1v) is 8.61. The predicted octanol–water partition coefficient (Wildman–Crippen LogP) is 1.50. The van der Waals surface area contributed by atoms with E-state index in [-0.39, 0.29) is 11.8 Å². The van der Waals surface area contributed by atoms with Gasteiger partial charge >= 0.3 is 0 Å². The van der Waals surface area contributed by atoms with Gasteiger partial charge in [0, 0.05) is 19.5 Å². The molecule has 0 aromatic rings. The summed E-state index contributed by atoms with van der Waals surface area (Å²) in [4.78, 5) is 24.1. The molecule has 124 valence electrons. The molecule has 0 spiro atoms. The number of hydrogen-bond acceptors (Lipinski definition) is 3. The summed E-state index contributed by atoms with van der Waals surface area (Å²) < 4.78 is 0. The molecule has 0 bridgehead atoms. The third-order valence-electron chi connectivity index (χ3n) is 4.62. The van der Waals surface area contributed by atoms with Gasteiger partial charge in [0.15, 0.2) is 0 Å². The molecule has 2 amide bonds. The molecular weight excluding hydrogens is 278 g/mol. The standard InChI is InChI=1S/C17H29N3O2/c1-13(17(22)19-12-15-7-9-18-10-8-15)20-16(21)11-14-5-3-2-4-6-14/h7,13-14,18H,2-6,8-12H2,1H3,(H,19,22)(H,20,21). The highest BCUT2D eigenvalue weighted by Crippen LogP contribution is 2.26. The topological polar surface area (TPSA) is 70.2 Å². The summed E-state index contributed by atoms with van der Waals surface area (Å²) in [5, 5.41) is 8.99. The Morgan fingerprint density at radius 2 is 2.09 bits per heavy atom. The van der Waals surface area contributed by atoms with E-state index in [1.54, 1.807) is 6.92 Å². The van der Waals surface area contributed by atoms with Crippen LogP contribution in [0.25, 0.3) is 0 Å². The van der Waals surface area contributed by atoms with Gasteiger partial charge in [-0.15, -0.1) is 0 Å². The average molecular weight is 307 g/mol. The van der Waals surface area contributed by atoms with Gasteiger partial charge in [0.1, 0.15) is 6.04 Å². The maximum Gasteiger partial charge on any atom is 0.242 e. The van der Waals surface area contributed by atoms with Crippen molar-refractivity contribution >= 4 is 11.8 Å². The molecule has 1 aliphatic heterocycles. The van der Waals surface area contributed by atoms with Gasteiger partial charge in [0.05, 0.1) is 0 Å². The molecule has 1 fully saturated rings. The fourth-order valence-corrected chi connectivity index (χ4v) is 3.20. The zero-order valence-electron chi connectivity index (χ0n) is 13.6. The van der Waals surface area contributed by atoms with Crippen LogP contribution < -0.4 is 16.0 Å². The van der Waals surface area contributed by atoms with Gasteiger partial charge in [0.2, 0.25) is 11.8 Å².